The Kier molecular flexibility index (Phi) is 8.30. The lowest BCUT2D eigenvalue weighted by atomic mass is 9.99. The van der Waals surface area contributed by atoms with E-state index in [1.807, 2.05) is 6.07 Å². The second-order valence-corrected chi connectivity index (χ2v) is 6.40. The number of thiophene rings is 1. The lowest BCUT2D eigenvalue weighted by Crippen LogP contribution is -2.32. The first-order valence-corrected chi connectivity index (χ1v) is 8.56. The number of rotatable bonds is 8. The van der Waals surface area contributed by atoms with Crippen molar-refractivity contribution in [2.75, 3.05) is 19.0 Å². The van der Waals surface area contributed by atoms with E-state index in [-0.39, 0.29) is 5.97 Å². The molecule has 1 aromatic heterocycles. The van der Waals surface area contributed by atoms with Gasteiger partial charge >= 0.3 is 5.97 Å². The SMILES string of the molecule is CCCC[C@H](CC)CNC(=S)Nc1ccc(C(=O)OC)s1. The zero-order valence-corrected chi connectivity index (χ0v) is 14.5. The maximum atomic E-state index is 11.4. The highest BCUT2D eigenvalue weighted by Crippen LogP contribution is 2.22. The minimum Gasteiger partial charge on any atom is -0.465 e. The fourth-order valence-corrected chi connectivity index (χ4v) is 3.04. The molecule has 0 aliphatic heterocycles. The molecular weight excluding hydrogens is 304 g/mol. The molecule has 4 nitrogen and oxygen atoms in total. The summed E-state index contributed by atoms with van der Waals surface area (Å²) in [6.45, 7) is 5.31. The lowest BCUT2D eigenvalue weighted by molar-refractivity contribution is 0.0606. The standard InChI is InChI=1S/C15H24N2O2S2/c1-4-6-7-11(5-2)10-16-15(20)17-13-9-8-12(21-13)14(18)19-3/h8-9,11H,4-7,10H2,1-3H3,(H2,16,17,20)/t11-/m0/s1. The van der Waals surface area contributed by atoms with Gasteiger partial charge in [0.1, 0.15) is 4.88 Å². The van der Waals surface area contributed by atoms with E-state index in [9.17, 15) is 4.79 Å². The quantitative estimate of drug-likeness (QED) is 0.557. The molecule has 0 fully saturated rings. The van der Waals surface area contributed by atoms with Gasteiger partial charge in [0, 0.05) is 6.54 Å². The summed E-state index contributed by atoms with van der Waals surface area (Å²) in [6.07, 6.45) is 4.87. The number of hydrogen-bond acceptors (Lipinski definition) is 4. The second-order valence-electron chi connectivity index (χ2n) is 4.91. The molecule has 1 aromatic rings. The Morgan fingerprint density at radius 2 is 2.19 bits per heavy atom. The van der Waals surface area contributed by atoms with Crippen LogP contribution in [0.25, 0.3) is 0 Å². The predicted molar refractivity (Wildman–Crippen MR) is 93.2 cm³/mol. The molecular formula is C15H24N2O2S2. The highest BCUT2D eigenvalue weighted by Gasteiger charge is 2.10. The van der Waals surface area contributed by atoms with Crippen LogP contribution in [-0.2, 0) is 4.74 Å². The molecule has 1 rings (SSSR count). The summed E-state index contributed by atoms with van der Waals surface area (Å²) in [7, 11) is 1.38. The molecule has 0 saturated carbocycles. The van der Waals surface area contributed by atoms with Crippen molar-refractivity contribution in [1.29, 1.82) is 0 Å². The van der Waals surface area contributed by atoms with Crippen molar-refractivity contribution in [3.63, 3.8) is 0 Å². The molecule has 1 atom stereocenters. The molecule has 2 N–H and O–H groups in total. The van der Waals surface area contributed by atoms with Gasteiger partial charge in [0.2, 0.25) is 0 Å². The molecule has 0 spiro atoms. The number of carbonyl (C=O) groups excluding carboxylic acids is 1. The Morgan fingerprint density at radius 3 is 2.81 bits per heavy atom. The number of hydrogen-bond donors (Lipinski definition) is 2. The Morgan fingerprint density at radius 1 is 1.43 bits per heavy atom. The van der Waals surface area contributed by atoms with Crippen LogP contribution >= 0.6 is 23.6 Å². The maximum absolute atomic E-state index is 11.4. The van der Waals surface area contributed by atoms with Crippen LogP contribution in [0.2, 0.25) is 0 Å². The third-order valence-corrected chi connectivity index (χ3v) is 4.55. The van der Waals surface area contributed by atoms with E-state index in [1.54, 1.807) is 6.07 Å². The average molecular weight is 329 g/mol. The van der Waals surface area contributed by atoms with Crippen molar-refractivity contribution >= 4 is 39.6 Å². The van der Waals surface area contributed by atoms with Crippen LogP contribution in [0, 0.1) is 5.92 Å². The Balaban J connectivity index is 2.39. The molecule has 6 heteroatoms. The average Bonchev–Trinajstić information content (AvgIpc) is 2.95. The van der Waals surface area contributed by atoms with E-state index in [0.717, 1.165) is 18.0 Å². The summed E-state index contributed by atoms with van der Waals surface area (Å²) in [5.41, 5.74) is 0. The second kappa shape index (κ2) is 9.73. The molecule has 0 unspecified atom stereocenters. The number of anilines is 1. The molecule has 1 heterocycles. The van der Waals surface area contributed by atoms with Crippen LogP contribution in [0.15, 0.2) is 12.1 Å². The first-order valence-electron chi connectivity index (χ1n) is 7.33. The van der Waals surface area contributed by atoms with Gasteiger partial charge in [-0.15, -0.1) is 11.3 Å². The number of esters is 1. The molecule has 0 aromatic carbocycles. The third kappa shape index (κ3) is 6.44. The molecule has 118 valence electrons. The number of carbonyl (C=O) groups is 1. The van der Waals surface area contributed by atoms with Gasteiger partial charge in [-0.3, -0.25) is 0 Å². The highest BCUT2D eigenvalue weighted by molar-refractivity contribution is 7.80. The summed E-state index contributed by atoms with van der Waals surface area (Å²) < 4.78 is 4.68. The van der Waals surface area contributed by atoms with E-state index < -0.39 is 0 Å². The van der Waals surface area contributed by atoms with Crippen LogP contribution < -0.4 is 10.6 Å². The van der Waals surface area contributed by atoms with Crippen molar-refractivity contribution < 1.29 is 9.53 Å². The van der Waals surface area contributed by atoms with Crippen molar-refractivity contribution in [1.82, 2.24) is 5.32 Å². The Labute approximate surface area is 136 Å². The minimum atomic E-state index is -0.322. The lowest BCUT2D eigenvalue weighted by Gasteiger charge is -2.16. The smallest absolute Gasteiger partial charge is 0.348 e. The van der Waals surface area contributed by atoms with Crippen molar-refractivity contribution in [3.05, 3.63) is 17.0 Å². The molecule has 0 amide bonds. The molecule has 0 aliphatic rings. The van der Waals surface area contributed by atoms with Crippen LogP contribution in [0.5, 0.6) is 0 Å². The van der Waals surface area contributed by atoms with Crippen LogP contribution in [0.1, 0.15) is 49.2 Å². The summed E-state index contributed by atoms with van der Waals surface area (Å²) in [5, 5.41) is 7.80. The van der Waals surface area contributed by atoms with Gasteiger partial charge in [-0.25, -0.2) is 4.79 Å². The zero-order valence-electron chi connectivity index (χ0n) is 12.9. The van der Waals surface area contributed by atoms with Gasteiger partial charge in [-0.2, -0.15) is 0 Å². The Hall–Kier alpha value is -1.14. The van der Waals surface area contributed by atoms with E-state index in [1.165, 1.54) is 37.7 Å². The summed E-state index contributed by atoms with van der Waals surface area (Å²) in [5.74, 6) is 0.330. The molecule has 21 heavy (non-hydrogen) atoms. The topological polar surface area (TPSA) is 50.4 Å². The fourth-order valence-electron chi connectivity index (χ4n) is 1.95. The van der Waals surface area contributed by atoms with Gasteiger partial charge in [0.15, 0.2) is 5.11 Å². The highest BCUT2D eigenvalue weighted by atomic mass is 32.1. The van der Waals surface area contributed by atoms with Crippen molar-refractivity contribution in [3.8, 4) is 0 Å². The predicted octanol–water partition coefficient (Wildman–Crippen LogP) is 4.04. The third-order valence-electron chi connectivity index (χ3n) is 3.32. The summed E-state index contributed by atoms with van der Waals surface area (Å²) >= 11 is 6.62. The monoisotopic (exact) mass is 328 g/mol. The van der Waals surface area contributed by atoms with Crippen molar-refractivity contribution in [2.45, 2.75) is 39.5 Å². The van der Waals surface area contributed by atoms with E-state index >= 15 is 0 Å². The number of unbranched alkanes of at least 4 members (excludes halogenated alkanes) is 1. The van der Waals surface area contributed by atoms with Crippen LogP contribution in [-0.4, -0.2) is 24.7 Å². The maximum Gasteiger partial charge on any atom is 0.348 e. The van der Waals surface area contributed by atoms with E-state index in [4.69, 9.17) is 12.2 Å². The zero-order chi connectivity index (χ0) is 15.7. The summed E-state index contributed by atoms with van der Waals surface area (Å²) in [4.78, 5) is 11.9. The van der Waals surface area contributed by atoms with Gasteiger partial charge < -0.3 is 15.4 Å². The summed E-state index contributed by atoms with van der Waals surface area (Å²) in [6, 6.07) is 3.57. The minimum absolute atomic E-state index is 0.322. The van der Waals surface area contributed by atoms with Gasteiger partial charge in [-0.05, 0) is 36.7 Å². The molecule has 0 saturated heterocycles. The largest absolute Gasteiger partial charge is 0.465 e. The van der Waals surface area contributed by atoms with Gasteiger partial charge in [0.05, 0.1) is 12.1 Å². The molecule has 0 bridgehead atoms. The van der Waals surface area contributed by atoms with Crippen LogP contribution in [0.4, 0.5) is 5.00 Å². The van der Waals surface area contributed by atoms with Crippen LogP contribution in [0.3, 0.4) is 0 Å². The van der Waals surface area contributed by atoms with E-state index in [0.29, 0.717) is 15.9 Å². The first-order chi connectivity index (χ1) is 10.1. The number of thiocarbonyl (C=S) groups is 1. The molecule has 0 radical (unpaired) electrons. The van der Waals surface area contributed by atoms with Crippen molar-refractivity contribution in [2.24, 2.45) is 5.92 Å². The fraction of sp³-hybridized carbons (Fsp3) is 0.600. The number of nitrogens with one attached hydrogen (secondary N) is 2. The molecule has 0 aliphatic carbocycles. The van der Waals surface area contributed by atoms with Gasteiger partial charge in [0.25, 0.3) is 0 Å². The normalized spacial score (nSPS) is 11.8. The van der Waals surface area contributed by atoms with Gasteiger partial charge in [-0.1, -0.05) is 33.1 Å². The number of ether oxygens (including phenoxy) is 1. The van der Waals surface area contributed by atoms with E-state index in [2.05, 4.69) is 29.2 Å². The number of methoxy groups -OCH3 is 1. The Bertz CT molecular complexity index is 460. The first kappa shape index (κ1) is 17.9.